The van der Waals surface area contributed by atoms with E-state index in [4.69, 9.17) is 0 Å². The topological polar surface area (TPSA) is 59.1 Å². The lowest BCUT2D eigenvalue weighted by Crippen LogP contribution is -2.51. The zero-order chi connectivity index (χ0) is 11.8. The highest BCUT2D eigenvalue weighted by Crippen LogP contribution is 2.32. The van der Waals surface area contributed by atoms with Gasteiger partial charge in [0.25, 0.3) is 10.0 Å². The van der Waals surface area contributed by atoms with E-state index in [1.807, 2.05) is 6.92 Å². The third kappa shape index (κ3) is 2.08. The van der Waals surface area contributed by atoms with Crippen molar-refractivity contribution < 1.29 is 12.8 Å². The van der Waals surface area contributed by atoms with E-state index < -0.39 is 26.4 Å². The normalized spacial score (nSPS) is 19.1. The van der Waals surface area contributed by atoms with Crippen LogP contribution < -0.4 is 4.72 Å². The van der Waals surface area contributed by atoms with Crippen molar-refractivity contribution in [3.63, 3.8) is 0 Å². The van der Waals surface area contributed by atoms with E-state index in [1.54, 1.807) is 0 Å². The largest absolute Gasteiger partial charge is 0.261 e. The Morgan fingerprint density at radius 2 is 2.19 bits per heavy atom. The molecule has 1 N–H and O–H groups in total. The molecule has 0 bridgehead atoms. The van der Waals surface area contributed by atoms with E-state index in [0.29, 0.717) is 0 Å². The highest BCUT2D eigenvalue weighted by atomic mass is 32.2. The van der Waals surface area contributed by atoms with Gasteiger partial charge in [0, 0.05) is 11.7 Å². The van der Waals surface area contributed by atoms with Crippen LogP contribution in [0.15, 0.2) is 23.4 Å². The summed E-state index contributed by atoms with van der Waals surface area (Å²) in [4.78, 5) is 3.57. The molecule has 0 radical (unpaired) electrons. The SMILES string of the molecule is CC1(NS(=O)(=O)c2ncccc2F)CCC1. The number of halogens is 1. The van der Waals surface area contributed by atoms with Gasteiger partial charge in [0.05, 0.1) is 0 Å². The van der Waals surface area contributed by atoms with Gasteiger partial charge < -0.3 is 0 Å². The van der Waals surface area contributed by atoms with Gasteiger partial charge in [0.2, 0.25) is 5.03 Å². The van der Waals surface area contributed by atoms with E-state index in [-0.39, 0.29) is 0 Å². The van der Waals surface area contributed by atoms with E-state index >= 15 is 0 Å². The smallest absolute Gasteiger partial charge is 0.241 e. The molecule has 6 heteroatoms. The van der Waals surface area contributed by atoms with Crippen LogP contribution >= 0.6 is 0 Å². The summed E-state index contributed by atoms with van der Waals surface area (Å²) in [5.41, 5.74) is -0.442. The monoisotopic (exact) mass is 244 g/mol. The molecule has 4 nitrogen and oxygen atoms in total. The molecular formula is C10H13FN2O2S. The lowest BCUT2D eigenvalue weighted by molar-refractivity contribution is 0.247. The molecule has 1 aromatic rings. The highest BCUT2D eigenvalue weighted by molar-refractivity contribution is 7.89. The highest BCUT2D eigenvalue weighted by Gasteiger charge is 2.37. The molecule has 0 spiro atoms. The Hall–Kier alpha value is -1.01. The molecule has 16 heavy (non-hydrogen) atoms. The number of sulfonamides is 1. The second kappa shape index (κ2) is 3.78. The van der Waals surface area contributed by atoms with Crippen molar-refractivity contribution in [2.24, 2.45) is 0 Å². The van der Waals surface area contributed by atoms with Crippen molar-refractivity contribution in [3.8, 4) is 0 Å². The van der Waals surface area contributed by atoms with Gasteiger partial charge in [0.1, 0.15) is 0 Å². The first-order chi connectivity index (χ1) is 7.43. The van der Waals surface area contributed by atoms with Crippen molar-refractivity contribution in [2.45, 2.75) is 36.8 Å². The molecule has 1 fully saturated rings. The van der Waals surface area contributed by atoms with Crippen LogP contribution in [0.5, 0.6) is 0 Å². The minimum Gasteiger partial charge on any atom is -0.241 e. The molecule has 0 aromatic carbocycles. The van der Waals surface area contributed by atoms with Gasteiger partial charge in [-0.2, -0.15) is 0 Å². The Balaban J connectivity index is 2.29. The van der Waals surface area contributed by atoms with Crippen molar-refractivity contribution >= 4 is 10.0 Å². The number of hydrogen-bond acceptors (Lipinski definition) is 3. The summed E-state index contributed by atoms with van der Waals surface area (Å²) in [5, 5.41) is -0.525. The molecule has 1 heterocycles. The molecule has 1 aliphatic carbocycles. The van der Waals surface area contributed by atoms with Crippen LogP contribution in [0.4, 0.5) is 4.39 Å². The van der Waals surface area contributed by atoms with E-state index in [1.165, 1.54) is 12.3 Å². The van der Waals surface area contributed by atoms with Gasteiger partial charge in [-0.1, -0.05) is 0 Å². The maximum Gasteiger partial charge on any atom is 0.261 e. The quantitative estimate of drug-likeness (QED) is 0.875. The minimum atomic E-state index is -3.85. The zero-order valence-corrected chi connectivity index (χ0v) is 9.72. The summed E-state index contributed by atoms with van der Waals surface area (Å²) in [6.45, 7) is 1.81. The first-order valence-electron chi connectivity index (χ1n) is 5.07. The van der Waals surface area contributed by atoms with Crippen LogP contribution in [-0.4, -0.2) is 18.9 Å². The first kappa shape index (κ1) is 11.5. The van der Waals surface area contributed by atoms with Gasteiger partial charge in [-0.25, -0.2) is 22.5 Å². The van der Waals surface area contributed by atoms with Crippen molar-refractivity contribution in [3.05, 3.63) is 24.1 Å². The predicted molar refractivity (Wildman–Crippen MR) is 56.8 cm³/mol. The molecule has 0 saturated heterocycles. The van der Waals surface area contributed by atoms with Crippen LogP contribution in [0.1, 0.15) is 26.2 Å². The lowest BCUT2D eigenvalue weighted by Gasteiger charge is -2.38. The Kier molecular flexibility index (Phi) is 2.71. The van der Waals surface area contributed by atoms with E-state index in [9.17, 15) is 12.8 Å². The van der Waals surface area contributed by atoms with Crippen LogP contribution in [0.25, 0.3) is 0 Å². The van der Waals surface area contributed by atoms with Gasteiger partial charge in [0.15, 0.2) is 5.82 Å². The maximum atomic E-state index is 13.3. The maximum absolute atomic E-state index is 13.3. The second-order valence-electron chi connectivity index (χ2n) is 4.31. The molecule has 1 aliphatic rings. The second-order valence-corrected chi connectivity index (χ2v) is 5.91. The van der Waals surface area contributed by atoms with Gasteiger partial charge in [-0.05, 0) is 38.3 Å². The molecule has 1 aromatic heterocycles. The number of pyridine rings is 1. The van der Waals surface area contributed by atoms with Crippen LogP contribution in [0.3, 0.4) is 0 Å². The Bertz CT molecular complexity index is 497. The summed E-state index contributed by atoms with van der Waals surface area (Å²) >= 11 is 0. The van der Waals surface area contributed by atoms with Crippen LogP contribution in [-0.2, 0) is 10.0 Å². The Labute approximate surface area is 93.9 Å². The molecule has 0 atom stereocenters. The molecule has 88 valence electrons. The van der Waals surface area contributed by atoms with Gasteiger partial charge >= 0.3 is 0 Å². The molecule has 0 unspecified atom stereocenters. The van der Waals surface area contributed by atoms with Crippen LogP contribution in [0, 0.1) is 5.82 Å². The first-order valence-corrected chi connectivity index (χ1v) is 6.56. The Morgan fingerprint density at radius 3 is 2.69 bits per heavy atom. The summed E-state index contributed by atoms with van der Waals surface area (Å²) in [7, 11) is -3.85. The average Bonchev–Trinajstić information content (AvgIpc) is 2.15. The number of aromatic nitrogens is 1. The lowest BCUT2D eigenvalue weighted by atomic mass is 9.80. The van der Waals surface area contributed by atoms with Crippen molar-refractivity contribution in [1.29, 1.82) is 0 Å². The van der Waals surface area contributed by atoms with Gasteiger partial charge in [-0.15, -0.1) is 0 Å². The standard InChI is InChI=1S/C10H13FN2O2S/c1-10(5-3-6-10)13-16(14,15)9-8(11)4-2-7-12-9/h2,4,7,13H,3,5-6H2,1H3. The third-order valence-corrected chi connectivity index (χ3v) is 4.39. The minimum absolute atomic E-state index is 0.442. The fraction of sp³-hybridized carbons (Fsp3) is 0.500. The number of rotatable bonds is 3. The fourth-order valence-electron chi connectivity index (χ4n) is 1.75. The summed E-state index contributed by atoms with van der Waals surface area (Å²) in [5.74, 6) is -0.821. The molecule has 2 rings (SSSR count). The summed E-state index contributed by atoms with van der Waals surface area (Å²) in [6.07, 6.45) is 3.81. The number of nitrogens with zero attached hydrogens (tertiary/aromatic N) is 1. The Morgan fingerprint density at radius 1 is 1.50 bits per heavy atom. The molecule has 0 aliphatic heterocycles. The predicted octanol–water partition coefficient (Wildman–Crippen LogP) is 1.44. The number of hydrogen-bond donors (Lipinski definition) is 1. The molecular weight excluding hydrogens is 231 g/mol. The zero-order valence-electron chi connectivity index (χ0n) is 8.90. The molecule has 1 saturated carbocycles. The summed E-state index contributed by atoms with van der Waals surface area (Å²) < 4.78 is 39.5. The third-order valence-electron chi connectivity index (χ3n) is 2.82. The van der Waals surface area contributed by atoms with Crippen molar-refractivity contribution in [2.75, 3.05) is 0 Å². The van der Waals surface area contributed by atoms with E-state index in [0.717, 1.165) is 25.3 Å². The molecule has 0 amide bonds. The number of nitrogens with one attached hydrogen (secondary N) is 1. The van der Waals surface area contributed by atoms with Crippen LogP contribution in [0.2, 0.25) is 0 Å². The summed E-state index contributed by atoms with van der Waals surface area (Å²) in [6, 6.07) is 2.45. The average molecular weight is 244 g/mol. The van der Waals surface area contributed by atoms with E-state index in [2.05, 4.69) is 9.71 Å². The van der Waals surface area contributed by atoms with Crippen molar-refractivity contribution in [1.82, 2.24) is 9.71 Å². The fourth-order valence-corrected chi connectivity index (χ4v) is 3.22. The van der Waals surface area contributed by atoms with Gasteiger partial charge in [-0.3, -0.25) is 0 Å².